The molecule has 0 amide bonds. The number of nitrogen functional groups attached to an aromatic ring is 1. The molecule has 2 aromatic heterocycles. The first-order valence-corrected chi connectivity index (χ1v) is 4.07. The Bertz CT molecular complexity index is 426. The van der Waals surface area contributed by atoms with Gasteiger partial charge in [0.15, 0.2) is 5.82 Å². The molecule has 3 N–H and O–H groups in total. The van der Waals surface area contributed by atoms with Crippen molar-refractivity contribution in [1.29, 1.82) is 0 Å². The van der Waals surface area contributed by atoms with Crippen molar-refractivity contribution in [2.45, 2.75) is 13.8 Å². The number of nitrogens with two attached hydrogens (primary N) is 1. The van der Waals surface area contributed by atoms with E-state index in [9.17, 15) is 0 Å². The van der Waals surface area contributed by atoms with E-state index >= 15 is 0 Å². The number of anilines is 3. The summed E-state index contributed by atoms with van der Waals surface area (Å²) in [4.78, 5) is 7.96. The molecule has 74 valence electrons. The van der Waals surface area contributed by atoms with Crippen LogP contribution in [0.2, 0.25) is 0 Å². The Kier molecular flexibility index (Phi) is 1.88. The van der Waals surface area contributed by atoms with E-state index < -0.39 is 0 Å². The summed E-state index contributed by atoms with van der Waals surface area (Å²) in [6.45, 7) is 3.70. The van der Waals surface area contributed by atoms with Gasteiger partial charge in [0.05, 0.1) is 5.69 Å². The third kappa shape index (κ3) is 1.54. The Balaban J connectivity index is 2.18. The minimum Gasteiger partial charge on any atom is -0.430 e. The maximum absolute atomic E-state index is 5.30. The molecule has 0 aromatic carbocycles. The highest BCUT2D eigenvalue weighted by Crippen LogP contribution is 2.18. The third-order valence-corrected chi connectivity index (χ3v) is 1.79. The Morgan fingerprint density at radius 1 is 1.36 bits per heavy atom. The number of oxazole rings is 2. The van der Waals surface area contributed by atoms with Gasteiger partial charge in [-0.2, -0.15) is 9.97 Å². The number of nitrogens with one attached hydrogen (secondary N) is 1. The molecule has 0 aliphatic rings. The summed E-state index contributed by atoms with van der Waals surface area (Å²) >= 11 is 0. The zero-order valence-electron chi connectivity index (χ0n) is 7.87. The first-order valence-electron chi connectivity index (χ1n) is 4.07. The van der Waals surface area contributed by atoms with Crippen molar-refractivity contribution in [3.63, 3.8) is 0 Å². The lowest BCUT2D eigenvalue weighted by molar-refractivity contribution is 0.543. The summed E-state index contributed by atoms with van der Waals surface area (Å²) in [5.74, 6) is 1.24. The zero-order chi connectivity index (χ0) is 10.1. The number of nitrogens with zero attached hydrogens (tertiary/aromatic N) is 2. The van der Waals surface area contributed by atoms with Crippen molar-refractivity contribution >= 4 is 17.8 Å². The molecule has 2 rings (SSSR count). The van der Waals surface area contributed by atoms with E-state index in [1.807, 2.05) is 13.8 Å². The van der Waals surface area contributed by atoms with Crippen molar-refractivity contribution < 1.29 is 8.83 Å². The summed E-state index contributed by atoms with van der Waals surface area (Å²) in [5.41, 5.74) is 6.14. The van der Waals surface area contributed by atoms with E-state index in [0.29, 0.717) is 11.8 Å². The van der Waals surface area contributed by atoms with Crippen LogP contribution < -0.4 is 11.1 Å². The van der Waals surface area contributed by atoms with Gasteiger partial charge in [-0.25, -0.2) is 0 Å². The summed E-state index contributed by atoms with van der Waals surface area (Å²) in [7, 11) is 0. The lowest BCUT2D eigenvalue weighted by atomic mass is 10.4. The van der Waals surface area contributed by atoms with Gasteiger partial charge in [-0.15, -0.1) is 0 Å². The zero-order valence-corrected chi connectivity index (χ0v) is 7.87. The van der Waals surface area contributed by atoms with Gasteiger partial charge < -0.3 is 14.6 Å². The standard InChI is InChI=1S/C8H10N4O2/c1-4-5(2)14-8(10-4)12-6-3-13-7(9)11-6/h3H,1-2H3,(H2,9,11)(H,10,12). The van der Waals surface area contributed by atoms with Gasteiger partial charge in [-0.05, 0) is 13.8 Å². The SMILES string of the molecule is Cc1nc(Nc2coc(N)n2)oc1C. The number of hydrogen-bond donors (Lipinski definition) is 2. The summed E-state index contributed by atoms with van der Waals surface area (Å²) in [6, 6.07) is 0.487. The van der Waals surface area contributed by atoms with Crippen LogP contribution in [0.25, 0.3) is 0 Å². The second kappa shape index (κ2) is 3.06. The van der Waals surface area contributed by atoms with E-state index in [-0.39, 0.29) is 6.01 Å². The number of aromatic nitrogens is 2. The van der Waals surface area contributed by atoms with E-state index in [1.54, 1.807) is 0 Å². The monoisotopic (exact) mass is 194 g/mol. The highest BCUT2D eigenvalue weighted by Gasteiger charge is 2.07. The van der Waals surface area contributed by atoms with Crippen LogP contribution in [0.1, 0.15) is 11.5 Å². The highest BCUT2D eigenvalue weighted by molar-refractivity contribution is 5.46. The van der Waals surface area contributed by atoms with Crippen LogP contribution in [0.15, 0.2) is 15.1 Å². The highest BCUT2D eigenvalue weighted by atomic mass is 16.4. The van der Waals surface area contributed by atoms with Gasteiger partial charge in [-0.3, -0.25) is 5.32 Å². The normalized spacial score (nSPS) is 10.4. The van der Waals surface area contributed by atoms with Crippen LogP contribution in [0, 0.1) is 13.8 Å². The van der Waals surface area contributed by atoms with Crippen molar-refractivity contribution in [2.75, 3.05) is 11.1 Å². The van der Waals surface area contributed by atoms with Crippen molar-refractivity contribution in [3.8, 4) is 0 Å². The predicted octanol–water partition coefficient (Wildman–Crippen LogP) is 1.61. The largest absolute Gasteiger partial charge is 0.430 e. The Morgan fingerprint density at radius 3 is 2.64 bits per heavy atom. The molecule has 0 radical (unpaired) electrons. The van der Waals surface area contributed by atoms with E-state index in [0.717, 1.165) is 11.5 Å². The quantitative estimate of drug-likeness (QED) is 0.754. The van der Waals surface area contributed by atoms with Crippen molar-refractivity contribution in [1.82, 2.24) is 9.97 Å². The Hall–Kier alpha value is -1.98. The van der Waals surface area contributed by atoms with Crippen molar-refractivity contribution in [3.05, 3.63) is 17.7 Å². The molecule has 6 heteroatoms. The van der Waals surface area contributed by atoms with Gasteiger partial charge >= 0.3 is 6.01 Å². The average molecular weight is 194 g/mol. The van der Waals surface area contributed by atoms with E-state index in [2.05, 4.69) is 15.3 Å². The molecule has 0 bridgehead atoms. The number of aryl methyl sites for hydroxylation is 2. The first kappa shape index (κ1) is 8.61. The molecule has 0 unspecified atom stereocenters. The molecular weight excluding hydrogens is 184 g/mol. The maximum atomic E-state index is 5.30. The van der Waals surface area contributed by atoms with Gasteiger partial charge in [0.1, 0.15) is 12.0 Å². The minimum absolute atomic E-state index is 0.104. The number of rotatable bonds is 2. The summed E-state index contributed by atoms with van der Waals surface area (Å²) in [5, 5.41) is 2.82. The molecule has 0 spiro atoms. The predicted molar refractivity (Wildman–Crippen MR) is 50.2 cm³/mol. The average Bonchev–Trinajstić information content (AvgIpc) is 2.62. The molecule has 14 heavy (non-hydrogen) atoms. The number of hydrogen-bond acceptors (Lipinski definition) is 6. The Morgan fingerprint density at radius 2 is 2.14 bits per heavy atom. The van der Waals surface area contributed by atoms with Crippen LogP contribution in [0.5, 0.6) is 0 Å². The fourth-order valence-corrected chi connectivity index (χ4v) is 0.981. The van der Waals surface area contributed by atoms with E-state index in [1.165, 1.54) is 6.26 Å². The van der Waals surface area contributed by atoms with Gasteiger partial charge in [0.2, 0.25) is 0 Å². The smallest absolute Gasteiger partial charge is 0.300 e. The molecule has 0 atom stereocenters. The minimum atomic E-state index is 0.104. The summed E-state index contributed by atoms with van der Waals surface area (Å²) < 4.78 is 10.1. The molecule has 0 saturated heterocycles. The van der Waals surface area contributed by atoms with Crippen LogP contribution in [-0.2, 0) is 0 Å². The Labute approximate surface area is 80.1 Å². The fourth-order valence-electron chi connectivity index (χ4n) is 0.981. The first-order chi connectivity index (χ1) is 6.65. The molecule has 0 fully saturated rings. The third-order valence-electron chi connectivity index (χ3n) is 1.79. The second-order valence-corrected chi connectivity index (χ2v) is 2.86. The molecule has 2 heterocycles. The fraction of sp³-hybridized carbons (Fsp3) is 0.250. The van der Waals surface area contributed by atoms with Crippen LogP contribution >= 0.6 is 0 Å². The topological polar surface area (TPSA) is 90.1 Å². The van der Waals surface area contributed by atoms with Crippen LogP contribution in [0.4, 0.5) is 17.8 Å². The molecule has 6 nitrogen and oxygen atoms in total. The lowest BCUT2D eigenvalue weighted by Crippen LogP contribution is -1.91. The van der Waals surface area contributed by atoms with Gasteiger partial charge in [0.25, 0.3) is 6.01 Å². The lowest BCUT2D eigenvalue weighted by Gasteiger charge is -1.92. The van der Waals surface area contributed by atoms with E-state index in [4.69, 9.17) is 14.6 Å². The molecule has 0 aliphatic carbocycles. The molecular formula is C8H10N4O2. The van der Waals surface area contributed by atoms with Gasteiger partial charge in [-0.1, -0.05) is 0 Å². The van der Waals surface area contributed by atoms with Gasteiger partial charge in [0, 0.05) is 0 Å². The van der Waals surface area contributed by atoms with Crippen molar-refractivity contribution in [2.24, 2.45) is 0 Å². The molecule has 0 saturated carbocycles. The molecule has 2 aromatic rings. The van der Waals surface area contributed by atoms with Crippen LogP contribution in [0.3, 0.4) is 0 Å². The summed E-state index contributed by atoms with van der Waals surface area (Å²) in [6.07, 6.45) is 1.39. The maximum Gasteiger partial charge on any atom is 0.300 e. The molecule has 0 aliphatic heterocycles. The second-order valence-electron chi connectivity index (χ2n) is 2.86. The van der Waals surface area contributed by atoms with Crippen LogP contribution in [-0.4, -0.2) is 9.97 Å².